The number of nitrogens with zero attached hydrogens (tertiary/aromatic N) is 3. The average Bonchev–Trinajstić information content (AvgIpc) is 3.12. The molecule has 3 rings (SSSR count). The van der Waals surface area contributed by atoms with Gasteiger partial charge in [0.05, 0.1) is 5.56 Å². The minimum absolute atomic E-state index is 0.00292. The van der Waals surface area contributed by atoms with E-state index in [0.717, 1.165) is 36.6 Å². The van der Waals surface area contributed by atoms with Crippen LogP contribution in [0, 0.1) is 0 Å². The van der Waals surface area contributed by atoms with Gasteiger partial charge in [-0.1, -0.05) is 25.1 Å². The maximum absolute atomic E-state index is 13.2. The zero-order valence-electron chi connectivity index (χ0n) is 17.7. The lowest BCUT2D eigenvalue weighted by molar-refractivity contribution is -0.131. The van der Waals surface area contributed by atoms with Gasteiger partial charge in [0.25, 0.3) is 11.7 Å². The fourth-order valence-corrected chi connectivity index (χ4v) is 4.32. The topological polar surface area (TPSA) is 62.6 Å². The fraction of sp³-hybridized carbons (Fsp3) is 0.522. The Morgan fingerprint density at radius 1 is 1.07 bits per heavy atom. The second kappa shape index (κ2) is 9.25. The van der Waals surface area contributed by atoms with Crippen molar-refractivity contribution in [2.24, 2.45) is 0 Å². The third-order valence-corrected chi connectivity index (χ3v) is 6.01. The van der Waals surface area contributed by atoms with E-state index in [1.54, 1.807) is 20.6 Å². The lowest BCUT2D eigenvalue weighted by atomic mass is 9.98. The maximum atomic E-state index is 13.2. The molecule has 0 saturated carbocycles. The number of benzene rings is 1. The number of hydrogen-bond donors (Lipinski definition) is 0. The van der Waals surface area contributed by atoms with Gasteiger partial charge in [-0.3, -0.25) is 14.4 Å². The molecule has 6 nitrogen and oxygen atoms in total. The number of carbonyl (C=O) groups excluding carboxylic acids is 3. The molecular formula is C23H31N3O3. The van der Waals surface area contributed by atoms with Crippen molar-refractivity contribution in [2.75, 3.05) is 19.6 Å². The fourth-order valence-electron chi connectivity index (χ4n) is 4.32. The Balaban J connectivity index is 1.92. The number of carbonyl (C=O) groups is 3. The summed E-state index contributed by atoms with van der Waals surface area (Å²) in [5, 5.41) is 0.725. The number of rotatable bonds is 7. The maximum Gasteiger partial charge on any atom is 0.295 e. The van der Waals surface area contributed by atoms with Gasteiger partial charge in [-0.05, 0) is 45.6 Å². The van der Waals surface area contributed by atoms with Crippen LogP contribution in [0.2, 0.25) is 0 Å². The van der Waals surface area contributed by atoms with E-state index < -0.39 is 11.7 Å². The van der Waals surface area contributed by atoms with Gasteiger partial charge >= 0.3 is 0 Å². The normalized spacial score (nSPS) is 16.8. The number of para-hydroxylation sites is 1. The van der Waals surface area contributed by atoms with Crippen LogP contribution in [0.1, 0.15) is 56.8 Å². The Morgan fingerprint density at radius 2 is 1.79 bits per heavy atom. The molecule has 2 amide bonds. The first-order chi connectivity index (χ1) is 14.0. The summed E-state index contributed by atoms with van der Waals surface area (Å²) in [5.74, 6) is -0.895. The third-order valence-electron chi connectivity index (χ3n) is 6.01. The van der Waals surface area contributed by atoms with Crippen molar-refractivity contribution in [3.63, 3.8) is 0 Å². The predicted molar refractivity (Wildman–Crippen MR) is 114 cm³/mol. The minimum Gasteiger partial charge on any atom is -0.342 e. The highest BCUT2D eigenvalue weighted by Gasteiger charge is 2.32. The number of amides is 2. The van der Waals surface area contributed by atoms with E-state index >= 15 is 0 Å². The first kappa shape index (κ1) is 21.1. The molecular weight excluding hydrogens is 366 g/mol. The lowest BCUT2D eigenvalue weighted by Crippen LogP contribution is -2.46. The smallest absolute Gasteiger partial charge is 0.295 e. The first-order valence-corrected chi connectivity index (χ1v) is 10.7. The second-order valence-electron chi connectivity index (χ2n) is 7.64. The second-order valence-corrected chi connectivity index (χ2v) is 7.64. The van der Waals surface area contributed by atoms with Gasteiger partial charge < -0.3 is 14.4 Å². The quantitative estimate of drug-likeness (QED) is 0.531. The summed E-state index contributed by atoms with van der Waals surface area (Å²) in [7, 11) is 0. The summed E-state index contributed by atoms with van der Waals surface area (Å²) in [5.41, 5.74) is 1.19. The van der Waals surface area contributed by atoms with Gasteiger partial charge in [0, 0.05) is 42.8 Å². The molecule has 0 aliphatic carbocycles. The predicted octanol–water partition coefficient (Wildman–Crippen LogP) is 3.48. The Hall–Kier alpha value is -2.63. The van der Waals surface area contributed by atoms with Crippen LogP contribution in [0.4, 0.5) is 0 Å². The van der Waals surface area contributed by atoms with E-state index in [9.17, 15) is 14.4 Å². The highest BCUT2D eigenvalue weighted by molar-refractivity contribution is 6.45. The number of likely N-dealkylation sites (N-methyl/N-ethyl adjacent to an activating group) is 1. The SMILES string of the molecule is CC[C@H]1CCCCN1C(=O)C(=O)c1cn(CC(=O)N(CC)CC)c2ccccc12. The van der Waals surface area contributed by atoms with E-state index in [2.05, 4.69) is 6.92 Å². The van der Waals surface area contributed by atoms with Crippen molar-refractivity contribution >= 4 is 28.5 Å². The summed E-state index contributed by atoms with van der Waals surface area (Å²) in [4.78, 5) is 42.3. The van der Waals surface area contributed by atoms with Crippen molar-refractivity contribution in [3.8, 4) is 0 Å². The van der Waals surface area contributed by atoms with Crippen LogP contribution in [0.3, 0.4) is 0 Å². The van der Waals surface area contributed by atoms with Crippen LogP contribution in [-0.2, 0) is 16.1 Å². The van der Waals surface area contributed by atoms with Gasteiger partial charge in [0.2, 0.25) is 5.91 Å². The summed E-state index contributed by atoms with van der Waals surface area (Å²) in [6, 6.07) is 7.62. The molecule has 2 heterocycles. The average molecular weight is 398 g/mol. The van der Waals surface area contributed by atoms with Crippen LogP contribution >= 0.6 is 0 Å². The number of piperidine rings is 1. The monoisotopic (exact) mass is 397 g/mol. The van der Waals surface area contributed by atoms with Gasteiger partial charge in [0.1, 0.15) is 6.54 Å². The third kappa shape index (κ3) is 4.21. The molecule has 0 bridgehead atoms. The Bertz CT molecular complexity index is 898. The molecule has 1 aromatic heterocycles. The van der Waals surface area contributed by atoms with E-state index in [-0.39, 0.29) is 18.5 Å². The van der Waals surface area contributed by atoms with Crippen molar-refractivity contribution in [3.05, 3.63) is 36.0 Å². The van der Waals surface area contributed by atoms with Crippen LogP contribution in [-0.4, -0.2) is 57.6 Å². The molecule has 1 aliphatic rings. The van der Waals surface area contributed by atoms with E-state index in [4.69, 9.17) is 0 Å². The molecule has 0 radical (unpaired) electrons. The molecule has 0 unspecified atom stereocenters. The number of hydrogen-bond acceptors (Lipinski definition) is 3. The van der Waals surface area contributed by atoms with Crippen molar-refractivity contribution < 1.29 is 14.4 Å². The molecule has 0 spiro atoms. The van der Waals surface area contributed by atoms with Crippen molar-refractivity contribution in [1.82, 2.24) is 14.4 Å². The van der Waals surface area contributed by atoms with Gasteiger partial charge in [-0.2, -0.15) is 0 Å². The minimum atomic E-state index is -0.476. The number of aromatic nitrogens is 1. The van der Waals surface area contributed by atoms with Crippen molar-refractivity contribution in [2.45, 2.75) is 59.0 Å². The number of likely N-dealkylation sites (tertiary alicyclic amines) is 1. The summed E-state index contributed by atoms with van der Waals surface area (Å²) < 4.78 is 1.80. The van der Waals surface area contributed by atoms with Crippen LogP contribution < -0.4 is 0 Å². The molecule has 6 heteroatoms. The summed E-state index contributed by atoms with van der Waals surface area (Å²) in [6.45, 7) is 8.05. The highest BCUT2D eigenvalue weighted by atomic mass is 16.2. The summed E-state index contributed by atoms with van der Waals surface area (Å²) in [6.07, 6.45) is 5.53. The highest BCUT2D eigenvalue weighted by Crippen LogP contribution is 2.25. The lowest BCUT2D eigenvalue weighted by Gasteiger charge is -2.34. The van der Waals surface area contributed by atoms with Gasteiger partial charge in [0.15, 0.2) is 0 Å². The standard InChI is InChI=1S/C23H31N3O3/c1-4-17-11-9-10-14-26(17)23(29)22(28)19-15-25(16-21(27)24(5-2)6-3)20-13-8-7-12-18(19)20/h7-8,12-13,15,17H,4-6,9-11,14,16H2,1-3H3/t17-/m0/s1. The zero-order valence-corrected chi connectivity index (χ0v) is 17.7. The molecule has 1 aromatic carbocycles. The molecule has 2 aromatic rings. The van der Waals surface area contributed by atoms with E-state index in [1.165, 1.54) is 0 Å². The van der Waals surface area contributed by atoms with Crippen LogP contribution in [0.15, 0.2) is 30.5 Å². The first-order valence-electron chi connectivity index (χ1n) is 10.7. The number of fused-ring (bicyclic) bond motifs is 1. The Morgan fingerprint density at radius 3 is 2.48 bits per heavy atom. The molecule has 1 aliphatic heterocycles. The van der Waals surface area contributed by atoms with Crippen molar-refractivity contribution in [1.29, 1.82) is 0 Å². The van der Waals surface area contributed by atoms with Crippen LogP contribution in [0.5, 0.6) is 0 Å². The molecule has 1 fully saturated rings. The summed E-state index contributed by atoms with van der Waals surface area (Å²) >= 11 is 0. The molecule has 29 heavy (non-hydrogen) atoms. The van der Waals surface area contributed by atoms with Crippen LogP contribution in [0.25, 0.3) is 10.9 Å². The molecule has 156 valence electrons. The zero-order chi connectivity index (χ0) is 21.0. The van der Waals surface area contributed by atoms with E-state index in [0.29, 0.717) is 25.2 Å². The largest absolute Gasteiger partial charge is 0.342 e. The molecule has 0 N–H and O–H groups in total. The molecule has 1 saturated heterocycles. The molecule has 1 atom stereocenters. The van der Waals surface area contributed by atoms with Gasteiger partial charge in [-0.15, -0.1) is 0 Å². The van der Waals surface area contributed by atoms with E-state index in [1.807, 2.05) is 38.1 Å². The Labute approximate surface area is 172 Å². The van der Waals surface area contributed by atoms with Gasteiger partial charge in [-0.25, -0.2) is 0 Å². The Kier molecular flexibility index (Phi) is 6.72. The number of Topliss-reactive ketones (excluding diaryl/α,β-unsaturated/α-hetero) is 1. The number of ketones is 1.